The molecule has 0 spiro atoms. The van der Waals surface area contributed by atoms with E-state index in [4.69, 9.17) is 4.74 Å². The Morgan fingerprint density at radius 1 is 1.42 bits per heavy atom. The number of ether oxygens (including phenoxy) is 1. The number of nitrogens with one attached hydrogen (secondary N) is 2. The third kappa shape index (κ3) is 4.22. The lowest BCUT2D eigenvalue weighted by Crippen LogP contribution is -2.56. The van der Waals surface area contributed by atoms with Crippen molar-refractivity contribution in [1.82, 2.24) is 5.32 Å². The Kier molecular flexibility index (Phi) is 5.32. The number of carboxylic acid groups (broad SMARTS) is 1. The maximum atomic E-state index is 11.3. The van der Waals surface area contributed by atoms with E-state index >= 15 is 0 Å². The van der Waals surface area contributed by atoms with E-state index in [1.165, 1.54) is 7.11 Å². The fourth-order valence-corrected chi connectivity index (χ4v) is 1.56. The van der Waals surface area contributed by atoms with Crippen LogP contribution in [0.3, 0.4) is 0 Å². The van der Waals surface area contributed by atoms with E-state index < -0.39 is 17.9 Å². The zero-order chi connectivity index (χ0) is 14.5. The lowest BCUT2D eigenvalue weighted by Gasteiger charge is -2.30. The summed E-state index contributed by atoms with van der Waals surface area (Å²) in [4.78, 5) is 11.3. The minimum Gasteiger partial charge on any atom is -0.480 e. The standard InChI is InChI=1S/C14H22N2O3/c1-5-14(3,12(17)18)16-13(19-4)15-11-8-6-10(2)7-9-11/h6-9,13,15-16H,5H2,1-4H3,(H,17,18)/t13?,14-/m0/s1. The van der Waals surface area contributed by atoms with Crippen LogP contribution in [0.4, 0.5) is 5.69 Å². The van der Waals surface area contributed by atoms with Gasteiger partial charge in [-0.05, 0) is 32.4 Å². The monoisotopic (exact) mass is 266 g/mol. The van der Waals surface area contributed by atoms with Crippen molar-refractivity contribution in [2.75, 3.05) is 12.4 Å². The van der Waals surface area contributed by atoms with Gasteiger partial charge >= 0.3 is 5.97 Å². The second-order valence-corrected chi connectivity index (χ2v) is 4.76. The van der Waals surface area contributed by atoms with Gasteiger partial charge in [-0.1, -0.05) is 24.6 Å². The maximum Gasteiger partial charge on any atom is 0.323 e. The molecule has 1 aromatic carbocycles. The molecule has 0 aliphatic heterocycles. The molecule has 0 radical (unpaired) electrons. The fourth-order valence-electron chi connectivity index (χ4n) is 1.56. The SMILES string of the molecule is CC[C@](C)(NC(Nc1ccc(C)cc1)OC)C(=O)O. The van der Waals surface area contributed by atoms with E-state index in [1.54, 1.807) is 6.92 Å². The Bertz CT molecular complexity index is 419. The molecule has 5 nitrogen and oxygen atoms in total. The number of hydrogen-bond donors (Lipinski definition) is 3. The molecule has 0 saturated carbocycles. The predicted molar refractivity (Wildman–Crippen MR) is 75.1 cm³/mol. The normalized spacial score (nSPS) is 15.6. The van der Waals surface area contributed by atoms with Crippen LogP contribution in [0.25, 0.3) is 0 Å². The second kappa shape index (κ2) is 6.54. The Labute approximate surface area is 114 Å². The van der Waals surface area contributed by atoms with Crippen LogP contribution < -0.4 is 10.6 Å². The Hall–Kier alpha value is -1.59. The summed E-state index contributed by atoms with van der Waals surface area (Å²) in [5.41, 5.74) is 1.00. The van der Waals surface area contributed by atoms with Crippen molar-refractivity contribution in [3.8, 4) is 0 Å². The highest BCUT2D eigenvalue weighted by Gasteiger charge is 2.33. The number of carboxylic acids is 1. The summed E-state index contributed by atoms with van der Waals surface area (Å²) in [5, 5.41) is 15.3. The van der Waals surface area contributed by atoms with Crippen molar-refractivity contribution < 1.29 is 14.6 Å². The number of rotatable bonds is 7. The minimum atomic E-state index is -1.03. The molecule has 0 amide bonds. The summed E-state index contributed by atoms with van der Waals surface area (Å²) in [5.74, 6) is -0.900. The molecule has 19 heavy (non-hydrogen) atoms. The first-order valence-electron chi connectivity index (χ1n) is 6.28. The summed E-state index contributed by atoms with van der Waals surface area (Å²) >= 11 is 0. The van der Waals surface area contributed by atoms with Crippen LogP contribution in [-0.2, 0) is 9.53 Å². The van der Waals surface area contributed by atoms with E-state index in [0.717, 1.165) is 11.3 Å². The fraction of sp³-hybridized carbons (Fsp3) is 0.500. The molecule has 0 fully saturated rings. The van der Waals surface area contributed by atoms with Gasteiger partial charge in [-0.3, -0.25) is 10.1 Å². The summed E-state index contributed by atoms with van der Waals surface area (Å²) in [7, 11) is 1.52. The Morgan fingerprint density at radius 2 is 2.00 bits per heavy atom. The number of methoxy groups -OCH3 is 1. The van der Waals surface area contributed by atoms with E-state index in [9.17, 15) is 9.90 Å². The van der Waals surface area contributed by atoms with E-state index in [1.807, 2.05) is 38.1 Å². The molecule has 2 atom stereocenters. The average molecular weight is 266 g/mol. The Balaban J connectivity index is 2.73. The quantitative estimate of drug-likeness (QED) is 0.660. The van der Waals surface area contributed by atoms with Gasteiger partial charge in [0.05, 0.1) is 0 Å². The van der Waals surface area contributed by atoms with Gasteiger partial charge < -0.3 is 15.2 Å². The van der Waals surface area contributed by atoms with Gasteiger partial charge in [0, 0.05) is 12.8 Å². The molecular weight excluding hydrogens is 244 g/mol. The average Bonchev–Trinajstić information content (AvgIpc) is 2.40. The van der Waals surface area contributed by atoms with Crippen LogP contribution in [0.15, 0.2) is 24.3 Å². The molecule has 0 aliphatic carbocycles. The molecule has 5 heteroatoms. The summed E-state index contributed by atoms with van der Waals surface area (Å²) in [6.07, 6.45) is -0.110. The van der Waals surface area contributed by atoms with Crippen LogP contribution in [-0.4, -0.2) is 30.1 Å². The number of aryl methyl sites for hydroxylation is 1. The molecule has 0 aromatic heterocycles. The summed E-state index contributed by atoms with van der Waals surface area (Å²) < 4.78 is 5.25. The van der Waals surface area contributed by atoms with Crippen molar-refractivity contribution in [3.63, 3.8) is 0 Å². The van der Waals surface area contributed by atoms with Gasteiger partial charge in [-0.2, -0.15) is 0 Å². The van der Waals surface area contributed by atoms with Gasteiger partial charge in [0.2, 0.25) is 0 Å². The van der Waals surface area contributed by atoms with Crippen LogP contribution in [0.5, 0.6) is 0 Å². The molecule has 1 unspecified atom stereocenters. The van der Waals surface area contributed by atoms with Crippen LogP contribution >= 0.6 is 0 Å². The van der Waals surface area contributed by atoms with Crippen molar-refractivity contribution in [3.05, 3.63) is 29.8 Å². The largest absolute Gasteiger partial charge is 0.480 e. The first-order valence-corrected chi connectivity index (χ1v) is 6.28. The van der Waals surface area contributed by atoms with E-state index in [2.05, 4.69) is 10.6 Å². The van der Waals surface area contributed by atoms with Crippen LogP contribution in [0, 0.1) is 6.92 Å². The molecule has 0 aliphatic rings. The van der Waals surface area contributed by atoms with Gasteiger partial charge in [0.25, 0.3) is 0 Å². The zero-order valence-electron chi connectivity index (χ0n) is 11.9. The number of anilines is 1. The molecule has 0 heterocycles. The summed E-state index contributed by atoms with van der Waals surface area (Å²) in [6.45, 7) is 5.46. The molecule has 3 N–H and O–H groups in total. The lowest BCUT2D eigenvalue weighted by atomic mass is 10.00. The van der Waals surface area contributed by atoms with Gasteiger partial charge in [0.1, 0.15) is 5.54 Å². The number of benzene rings is 1. The summed E-state index contributed by atoms with van der Waals surface area (Å²) in [6, 6.07) is 7.80. The Morgan fingerprint density at radius 3 is 2.42 bits per heavy atom. The lowest BCUT2D eigenvalue weighted by molar-refractivity contribution is -0.146. The predicted octanol–water partition coefficient (Wildman–Crippen LogP) is 2.18. The van der Waals surface area contributed by atoms with Gasteiger partial charge in [-0.15, -0.1) is 0 Å². The highest BCUT2D eigenvalue weighted by atomic mass is 16.5. The first kappa shape index (κ1) is 15.5. The highest BCUT2D eigenvalue weighted by molar-refractivity contribution is 5.78. The van der Waals surface area contributed by atoms with Crippen molar-refractivity contribution in [2.24, 2.45) is 0 Å². The number of hydrogen-bond acceptors (Lipinski definition) is 4. The van der Waals surface area contributed by atoms with Crippen LogP contribution in [0.1, 0.15) is 25.8 Å². The molecular formula is C14H22N2O3. The molecule has 0 bridgehead atoms. The van der Waals surface area contributed by atoms with Gasteiger partial charge in [-0.25, -0.2) is 0 Å². The van der Waals surface area contributed by atoms with Crippen molar-refractivity contribution in [2.45, 2.75) is 39.1 Å². The zero-order valence-corrected chi connectivity index (χ0v) is 11.9. The topological polar surface area (TPSA) is 70.6 Å². The van der Waals surface area contributed by atoms with E-state index in [-0.39, 0.29) is 0 Å². The van der Waals surface area contributed by atoms with Crippen molar-refractivity contribution >= 4 is 11.7 Å². The van der Waals surface area contributed by atoms with E-state index in [0.29, 0.717) is 6.42 Å². The molecule has 0 saturated heterocycles. The molecule has 1 aromatic rings. The third-order valence-electron chi connectivity index (χ3n) is 3.21. The van der Waals surface area contributed by atoms with Gasteiger partial charge in [0.15, 0.2) is 6.35 Å². The van der Waals surface area contributed by atoms with Crippen molar-refractivity contribution in [1.29, 1.82) is 0 Å². The maximum absolute atomic E-state index is 11.3. The first-order chi connectivity index (χ1) is 8.91. The second-order valence-electron chi connectivity index (χ2n) is 4.76. The molecule has 106 valence electrons. The number of carbonyl (C=O) groups is 1. The molecule has 1 rings (SSSR count). The smallest absolute Gasteiger partial charge is 0.323 e. The minimum absolute atomic E-state index is 0.456. The van der Waals surface area contributed by atoms with Crippen LogP contribution in [0.2, 0.25) is 0 Å². The number of aliphatic carboxylic acids is 1. The third-order valence-corrected chi connectivity index (χ3v) is 3.21. The highest BCUT2D eigenvalue weighted by Crippen LogP contribution is 2.14.